The van der Waals surface area contributed by atoms with Crippen LogP contribution in [-0.4, -0.2) is 23.1 Å². The Morgan fingerprint density at radius 3 is 2.64 bits per heavy atom. The zero-order valence-electron chi connectivity index (χ0n) is 11.6. The van der Waals surface area contributed by atoms with Gasteiger partial charge >= 0.3 is 0 Å². The summed E-state index contributed by atoms with van der Waals surface area (Å²) in [6, 6.07) is 1.98. The van der Waals surface area contributed by atoms with E-state index < -0.39 is 17.7 Å². The lowest BCUT2D eigenvalue weighted by atomic mass is 9.96. The third-order valence-corrected chi connectivity index (χ3v) is 4.03. The first-order chi connectivity index (χ1) is 10.7. The second kappa shape index (κ2) is 6.54. The van der Waals surface area contributed by atoms with E-state index in [2.05, 4.69) is 15.3 Å². The first kappa shape index (κ1) is 15.1. The lowest BCUT2D eigenvalue weighted by Crippen LogP contribution is -2.22. The van der Waals surface area contributed by atoms with Gasteiger partial charge in [0.25, 0.3) is 0 Å². The van der Waals surface area contributed by atoms with Gasteiger partial charge in [0.15, 0.2) is 11.6 Å². The van der Waals surface area contributed by atoms with Crippen molar-refractivity contribution in [3.8, 4) is 5.75 Å². The maximum atomic E-state index is 14.0. The van der Waals surface area contributed by atoms with Gasteiger partial charge in [-0.2, -0.15) is 0 Å². The van der Waals surface area contributed by atoms with Gasteiger partial charge in [-0.1, -0.05) is 11.6 Å². The van der Waals surface area contributed by atoms with Crippen LogP contribution in [-0.2, 0) is 0 Å². The van der Waals surface area contributed by atoms with Gasteiger partial charge in [-0.15, -0.1) is 0 Å². The Hall–Kier alpha value is -1.79. The van der Waals surface area contributed by atoms with Crippen LogP contribution >= 0.6 is 11.6 Å². The third kappa shape index (κ3) is 3.03. The first-order valence-corrected chi connectivity index (χ1v) is 7.30. The summed E-state index contributed by atoms with van der Waals surface area (Å²) in [6.45, 7) is 1.56. The monoisotopic (exact) mass is 325 g/mol. The van der Waals surface area contributed by atoms with Crippen molar-refractivity contribution >= 4 is 11.6 Å². The second-order valence-electron chi connectivity index (χ2n) is 5.14. The molecule has 1 aromatic carbocycles. The van der Waals surface area contributed by atoms with Crippen LogP contribution in [0.25, 0.3) is 0 Å². The summed E-state index contributed by atoms with van der Waals surface area (Å²) >= 11 is 5.85. The minimum Gasteiger partial charge on any atom is -0.481 e. The summed E-state index contributed by atoms with van der Waals surface area (Å²) in [7, 11) is 0. The van der Waals surface area contributed by atoms with E-state index in [-0.39, 0.29) is 16.7 Å². The van der Waals surface area contributed by atoms with Crippen molar-refractivity contribution in [3.05, 3.63) is 53.1 Å². The Kier molecular flexibility index (Phi) is 4.49. The molecule has 0 radical (unpaired) electrons. The molecule has 0 bridgehead atoms. The Morgan fingerprint density at radius 2 is 1.95 bits per heavy atom. The number of ether oxygens (including phenoxy) is 1. The molecular weight excluding hydrogens is 312 g/mol. The van der Waals surface area contributed by atoms with Gasteiger partial charge in [-0.25, -0.2) is 18.7 Å². The highest BCUT2D eigenvalue weighted by atomic mass is 35.5. The maximum absolute atomic E-state index is 14.0. The fourth-order valence-corrected chi connectivity index (χ4v) is 2.77. The summed E-state index contributed by atoms with van der Waals surface area (Å²) in [6.07, 6.45) is 4.99. The summed E-state index contributed by atoms with van der Waals surface area (Å²) in [4.78, 5) is 7.94. The van der Waals surface area contributed by atoms with Crippen LogP contribution in [0.5, 0.6) is 5.75 Å². The average Bonchev–Trinajstić information content (AvgIpc) is 3.06. The molecule has 0 aliphatic carbocycles. The average molecular weight is 326 g/mol. The van der Waals surface area contributed by atoms with Gasteiger partial charge in [0.2, 0.25) is 0 Å². The van der Waals surface area contributed by atoms with E-state index in [0.29, 0.717) is 12.1 Å². The highest BCUT2D eigenvalue weighted by Crippen LogP contribution is 2.37. The maximum Gasteiger partial charge on any atom is 0.177 e. The molecule has 22 heavy (non-hydrogen) atoms. The van der Waals surface area contributed by atoms with E-state index in [1.165, 1.54) is 6.33 Å². The Morgan fingerprint density at radius 1 is 1.23 bits per heavy atom. The molecule has 1 aliphatic rings. The molecule has 2 atom stereocenters. The summed E-state index contributed by atoms with van der Waals surface area (Å²) in [5, 5.41) is 2.87. The Bertz CT molecular complexity index is 651. The molecule has 2 heterocycles. The van der Waals surface area contributed by atoms with Crippen molar-refractivity contribution in [2.45, 2.75) is 12.5 Å². The summed E-state index contributed by atoms with van der Waals surface area (Å²) in [5.41, 5.74) is 0.705. The number of rotatable bonds is 4. The molecule has 1 saturated heterocycles. The molecule has 0 spiro atoms. The molecule has 1 N–H and O–H groups in total. The lowest BCUT2D eigenvalue weighted by Gasteiger charge is -2.25. The van der Waals surface area contributed by atoms with Crippen LogP contribution in [0.15, 0.2) is 30.9 Å². The highest BCUT2D eigenvalue weighted by molar-refractivity contribution is 6.32. The molecule has 1 unspecified atom stereocenters. The minimum atomic E-state index is -0.717. The number of aromatic nitrogens is 2. The van der Waals surface area contributed by atoms with Crippen LogP contribution in [0.4, 0.5) is 8.78 Å². The van der Waals surface area contributed by atoms with Crippen molar-refractivity contribution in [2.75, 3.05) is 13.1 Å². The van der Waals surface area contributed by atoms with Gasteiger partial charge < -0.3 is 10.1 Å². The van der Waals surface area contributed by atoms with Crippen LogP contribution < -0.4 is 10.1 Å². The normalized spacial score (nSPS) is 19.1. The first-order valence-electron chi connectivity index (χ1n) is 6.92. The fraction of sp³-hybridized carbons (Fsp3) is 0.333. The number of benzene rings is 1. The number of halogens is 3. The number of hydrogen-bond donors (Lipinski definition) is 1. The van der Waals surface area contributed by atoms with E-state index in [1.54, 1.807) is 12.4 Å². The second-order valence-corrected chi connectivity index (χ2v) is 5.51. The smallest absolute Gasteiger partial charge is 0.177 e. The zero-order chi connectivity index (χ0) is 15.5. The predicted octanol–water partition coefficient (Wildman–Crippen LogP) is 3.14. The van der Waals surface area contributed by atoms with Gasteiger partial charge in [-0.05, 0) is 25.1 Å². The molecular formula is C15H14ClF2N3O. The van der Waals surface area contributed by atoms with Crippen LogP contribution in [0, 0.1) is 17.6 Å². The molecule has 1 aliphatic heterocycles. The van der Waals surface area contributed by atoms with Crippen molar-refractivity contribution in [2.24, 2.45) is 5.92 Å². The number of nitrogens with zero attached hydrogens (tertiary/aromatic N) is 2. The SMILES string of the molecule is Fc1ccc(F)c(O[C@H](c2cncnc2)C2CCNC2)c1Cl. The van der Waals surface area contributed by atoms with Gasteiger partial charge in [0.1, 0.15) is 23.3 Å². The zero-order valence-corrected chi connectivity index (χ0v) is 12.4. The van der Waals surface area contributed by atoms with Crippen molar-refractivity contribution in [1.82, 2.24) is 15.3 Å². The van der Waals surface area contributed by atoms with E-state index >= 15 is 0 Å². The van der Waals surface area contributed by atoms with Crippen molar-refractivity contribution < 1.29 is 13.5 Å². The number of hydrogen-bond acceptors (Lipinski definition) is 4. The van der Waals surface area contributed by atoms with Crippen molar-refractivity contribution in [1.29, 1.82) is 0 Å². The predicted molar refractivity (Wildman–Crippen MR) is 77.7 cm³/mol. The molecule has 2 aromatic rings. The summed E-state index contributed by atoms with van der Waals surface area (Å²) < 4.78 is 33.3. The summed E-state index contributed by atoms with van der Waals surface area (Å²) in [5.74, 6) is -1.59. The van der Waals surface area contributed by atoms with E-state index in [0.717, 1.165) is 25.1 Å². The van der Waals surface area contributed by atoms with Gasteiger partial charge in [0, 0.05) is 30.4 Å². The van der Waals surface area contributed by atoms with E-state index in [4.69, 9.17) is 16.3 Å². The molecule has 4 nitrogen and oxygen atoms in total. The molecule has 1 fully saturated rings. The Labute approximate surface area is 131 Å². The molecule has 1 aromatic heterocycles. The Balaban J connectivity index is 1.95. The quantitative estimate of drug-likeness (QED) is 0.877. The molecule has 0 saturated carbocycles. The van der Waals surface area contributed by atoms with Crippen LogP contribution in [0.3, 0.4) is 0 Å². The third-order valence-electron chi connectivity index (χ3n) is 3.68. The minimum absolute atomic E-state index is 0.102. The van der Waals surface area contributed by atoms with Crippen molar-refractivity contribution in [3.63, 3.8) is 0 Å². The van der Waals surface area contributed by atoms with E-state index in [1.807, 2.05) is 0 Å². The topological polar surface area (TPSA) is 47.0 Å². The number of nitrogens with one attached hydrogen (secondary N) is 1. The van der Waals surface area contributed by atoms with Gasteiger partial charge in [0.05, 0.1) is 0 Å². The molecule has 7 heteroatoms. The highest BCUT2D eigenvalue weighted by Gasteiger charge is 2.30. The molecule has 0 amide bonds. The standard InChI is InChI=1S/C15H14ClF2N3O/c16-13-11(17)1-2-12(18)15(13)22-14(9-3-4-19-5-9)10-6-20-8-21-7-10/h1-2,6-9,14,19H,3-5H2/t9?,14-/m0/s1. The molecule has 3 rings (SSSR count). The van der Waals surface area contributed by atoms with Crippen LogP contribution in [0.2, 0.25) is 5.02 Å². The largest absolute Gasteiger partial charge is 0.481 e. The van der Waals surface area contributed by atoms with Gasteiger partial charge in [-0.3, -0.25) is 0 Å². The lowest BCUT2D eigenvalue weighted by molar-refractivity contribution is 0.137. The van der Waals surface area contributed by atoms with Crippen LogP contribution in [0.1, 0.15) is 18.1 Å². The van der Waals surface area contributed by atoms with E-state index in [9.17, 15) is 8.78 Å². The fourth-order valence-electron chi connectivity index (χ4n) is 2.57. The molecule has 116 valence electrons.